The Kier molecular flexibility index (Phi) is 6.94. The van der Waals surface area contributed by atoms with E-state index in [9.17, 15) is 0 Å². The van der Waals surface area contributed by atoms with Crippen LogP contribution >= 0.6 is 0 Å². The maximum Gasteiger partial charge on any atom is 0.0716 e. The molecular weight excluding hydrogens is 228 g/mol. The van der Waals surface area contributed by atoms with Crippen LogP contribution in [0.3, 0.4) is 0 Å². The van der Waals surface area contributed by atoms with E-state index in [0.29, 0.717) is 26.4 Å². The van der Waals surface area contributed by atoms with Crippen molar-refractivity contribution in [2.45, 2.75) is 26.9 Å². The number of hydrogen-bond acceptors (Lipinski definition) is 3. The highest BCUT2D eigenvalue weighted by Crippen LogP contribution is 2.13. The van der Waals surface area contributed by atoms with Crippen LogP contribution < -0.4 is 0 Å². The predicted molar refractivity (Wildman–Crippen MR) is 72.4 cm³/mol. The highest BCUT2D eigenvalue weighted by atomic mass is 16.5. The minimum Gasteiger partial charge on any atom is -0.396 e. The molecule has 1 aromatic rings. The lowest BCUT2D eigenvalue weighted by Gasteiger charge is -2.21. The van der Waals surface area contributed by atoms with Crippen LogP contribution in [-0.2, 0) is 16.1 Å². The Hall–Kier alpha value is -0.900. The molecule has 1 N–H and O–H groups in total. The summed E-state index contributed by atoms with van der Waals surface area (Å²) in [4.78, 5) is 0. The summed E-state index contributed by atoms with van der Waals surface area (Å²) in [6.45, 7) is 6.74. The Labute approximate surface area is 110 Å². The summed E-state index contributed by atoms with van der Waals surface area (Å²) in [6.07, 6.45) is 0.883. The molecule has 0 saturated carbocycles. The van der Waals surface area contributed by atoms with Crippen LogP contribution in [0.15, 0.2) is 30.3 Å². The Morgan fingerprint density at radius 2 is 1.72 bits per heavy atom. The van der Waals surface area contributed by atoms with Crippen molar-refractivity contribution in [3.8, 4) is 0 Å². The Morgan fingerprint density at radius 1 is 1.06 bits per heavy atom. The van der Waals surface area contributed by atoms with Gasteiger partial charge in [-0.3, -0.25) is 0 Å². The van der Waals surface area contributed by atoms with Crippen LogP contribution in [0.4, 0.5) is 0 Å². The van der Waals surface area contributed by atoms with E-state index in [1.165, 1.54) is 5.56 Å². The molecular formula is C15H24O3. The van der Waals surface area contributed by atoms with Crippen LogP contribution in [0.2, 0.25) is 0 Å². The van der Waals surface area contributed by atoms with Crippen molar-refractivity contribution in [1.29, 1.82) is 0 Å². The molecule has 102 valence electrons. The lowest BCUT2D eigenvalue weighted by atomic mass is 9.97. The largest absolute Gasteiger partial charge is 0.396 e. The zero-order chi connectivity index (χ0) is 13.3. The molecule has 1 rings (SSSR count). The molecule has 0 aliphatic rings. The highest BCUT2D eigenvalue weighted by Gasteiger charge is 2.15. The number of ether oxygens (including phenoxy) is 2. The first kappa shape index (κ1) is 15.2. The Bertz CT molecular complexity index is 309. The van der Waals surface area contributed by atoms with E-state index in [1.54, 1.807) is 0 Å². The van der Waals surface area contributed by atoms with E-state index in [4.69, 9.17) is 14.6 Å². The number of aliphatic hydroxyl groups is 1. The summed E-state index contributed by atoms with van der Waals surface area (Å²) < 4.78 is 11.1. The lowest BCUT2D eigenvalue weighted by molar-refractivity contribution is 0.0157. The van der Waals surface area contributed by atoms with Crippen molar-refractivity contribution in [2.75, 3.05) is 26.4 Å². The maximum atomic E-state index is 9.06. The van der Waals surface area contributed by atoms with Crippen LogP contribution in [0.5, 0.6) is 0 Å². The highest BCUT2D eigenvalue weighted by molar-refractivity contribution is 5.13. The van der Waals surface area contributed by atoms with Gasteiger partial charge in [0.05, 0.1) is 19.8 Å². The second kappa shape index (κ2) is 8.25. The van der Waals surface area contributed by atoms with E-state index >= 15 is 0 Å². The van der Waals surface area contributed by atoms with Gasteiger partial charge in [-0.1, -0.05) is 44.2 Å². The molecule has 0 unspecified atom stereocenters. The van der Waals surface area contributed by atoms with Gasteiger partial charge in [0.1, 0.15) is 0 Å². The standard InChI is InChI=1S/C15H24O3/c1-15(2,12-16)13-18-10-6-9-17-11-14-7-4-3-5-8-14/h3-5,7-8,16H,6,9-13H2,1-2H3. The first-order valence-corrected chi connectivity index (χ1v) is 6.44. The van der Waals surface area contributed by atoms with Crippen molar-refractivity contribution in [1.82, 2.24) is 0 Å². The van der Waals surface area contributed by atoms with Crippen molar-refractivity contribution < 1.29 is 14.6 Å². The summed E-state index contributed by atoms with van der Waals surface area (Å²) in [5.74, 6) is 0. The van der Waals surface area contributed by atoms with Crippen molar-refractivity contribution in [3.05, 3.63) is 35.9 Å². The third kappa shape index (κ3) is 6.74. The van der Waals surface area contributed by atoms with E-state index in [1.807, 2.05) is 32.0 Å². The van der Waals surface area contributed by atoms with E-state index < -0.39 is 0 Å². The smallest absolute Gasteiger partial charge is 0.0716 e. The van der Waals surface area contributed by atoms with Crippen LogP contribution in [0.1, 0.15) is 25.8 Å². The molecule has 0 aromatic heterocycles. The maximum absolute atomic E-state index is 9.06. The minimum atomic E-state index is -0.148. The van der Waals surface area contributed by atoms with E-state index in [0.717, 1.165) is 6.42 Å². The van der Waals surface area contributed by atoms with Crippen LogP contribution in [0.25, 0.3) is 0 Å². The van der Waals surface area contributed by atoms with Gasteiger partial charge in [-0.2, -0.15) is 0 Å². The predicted octanol–water partition coefficient (Wildman–Crippen LogP) is 2.63. The molecule has 0 heterocycles. The topological polar surface area (TPSA) is 38.7 Å². The minimum absolute atomic E-state index is 0.148. The molecule has 3 heteroatoms. The zero-order valence-corrected chi connectivity index (χ0v) is 11.4. The first-order valence-electron chi connectivity index (χ1n) is 6.44. The first-order chi connectivity index (χ1) is 8.64. The average molecular weight is 252 g/mol. The lowest BCUT2D eigenvalue weighted by Crippen LogP contribution is -2.24. The molecule has 0 spiro atoms. The van der Waals surface area contributed by atoms with Gasteiger partial charge < -0.3 is 14.6 Å². The molecule has 0 aliphatic carbocycles. The Morgan fingerprint density at radius 3 is 2.39 bits per heavy atom. The molecule has 0 bridgehead atoms. The number of benzene rings is 1. The fourth-order valence-corrected chi connectivity index (χ4v) is 1.42. The molecule has 0 atom stereocenters. The molecule has 0 fully saturated rings. The normalized spacial score (nSPS) is 11.7. The Balaban J connectivity index is 1.96. The van der Waals surface area contributed by atoms with Crippen LogP contribution in [0, 0.1) is 5.41 Å². The zero-order valence-electron chi connectivity index (χ0n) is 11.4. The fourth-order valence-electron chi connectivity index (χ4n) is 1.42. The second-order valence-corrected chi connectivity index (χ2v) is 5.27. The average Bonchev–Trinajstić information content (AvgIpc) is 2.39. The number of rotatable bonds is 9. The van der Waals surface area contributed by atoms with Gasteiger partial charge in [0.15, 0.2) is 0 Å². The molecule has 18 heavy (non-hydrogen) atoms. The third-order valence-electron chi connectivity index (χ3n) is 2.61. The molecule has 3 nitrogen and oxygen atoms in total. The van der Waals surface area contributed by atoms with E-state index in [2.05, 4.69) is 12.1 Å². The third-order valence-corrected chi connectivity index (χ3v) is 2.61. The summed E-state index contributed by atoms with van der Waals surface area (Å²) in [5.41, 5.74) is 1.05. The van der Waals surface area contributed by atoms with Gasteiger partial charge in [-0.15, -0.1) is 0 Å². The number of aliphatic hydroxyl groups excluding tert-OH is 1. The van der Waals surface area contributed by atoms with Gasteiger partial charge in [0.2, 0.25) is 0 Å². The van der Waals surface area contributed by atoms with Crippen LogP contribution in [-0.4, -0.2) is 31.5 Å². The van der Waals surface area contributed by atoms with Crippen molar-refractivity contribution in [3.63, 3.8) is 0 Å². The molecule has 1 aromatic carbocycles. The summed E-state index contributed by atoms with van der Waals surface area (Å²) in [6, 6.07) is 10.1. The SMILES string of the molecule is CC(C)(CO)COCCCOCc1ccccc1. The summed E-state index contributed by atoms with van der Waals surface area (Å²) >= 11 is 0. The molecule has 0 radical (unpaired) electrons. The fraction of sp³-hybridized carbons (Fsp3) is 0.600. The summed E-state index contributed by atoms with van der Waals surface area (Å²) in [7, 11) is 0. The van der Waals surface area contributed by atoms with Gasteiger partial charge >= 0.3 is 0 Å². The van der Waals surface area contributed by atoms with Gasteiger partial charge in [0, 0.05) is 18.6 Å². The van der Waals surface area contributed by atoms with Gasteiger partial charge in [-0.05, 0) is 12.0 Å². The monoisotopic (exact) mass is 252 g/mol. The van der Waals surface area contributed by atoms with Gasteiger partial charge in [0.25, 0.3) is 0 Å². The van der Waals surface area contributed by atoms with E-state index in [-0.39, 0.29) is 12.0 Å². The molecule has 0 amide bonds. The molecule has 0 saturated heterocycles. The molecule has 0 aliphatic heterocycles. The van der Waals surface area contributed by atoms with Gasteiger partial charge in [-0.25, -0.2) is 0 Å². The second-order valence-electron chi connectivity index (χ2n) is 5.27. The summed E-state index contributed by atoms with van der Waals surface area (Å²) in [5, 5.41) is 9.06. The van der Waals surface area contributed by atoms with Crippen molar-refractivity contribution in [2.24, 2.45) is 5.41 Å². The quantitative estimate of drug-likeness (QED) is 0.687. The number of hydrogen-bond donors (Lipinski definition) is 1. The van der Waals surface area contributed by atoms with Crippen molar-refractivity contribution >= 4 is 0 Å².